The molecule has 0 atom stereocenters. The Morgan fingerprint density at radius 1 is 1.17 bits per heavy atom. The van der Waals surface area contributed by atoms with Crippen LogP contribution in [0.5, 0.6) is 5.75 Å². The Hall–Kier alpha value is -2.28. The Morgan fingerprint density at radius 2 is 1.97 bits per heavy atom. The molecule has 0 aromatic heterocycles. The molecule has 29 heavy (non-hydrogen) atoms. The first-order chi connectivity index (χ1) is 14.1. The Balaban J connectivity index is 1.91. The van der Waals surface area contributed by atoms with E-state index in [0.29, 0.717) is 31.8 Å². The van der Waals surface area contributed by atoms with Gasteiger partial charge in [-0.15, -0.1) is 0 Å². The molecular weight excluding hydrogens is 368 g/mol. The van der Waals surface area contributed by atoms with Gasteiger partial charge in [-0.2, -0.15) is 0 Å². The summed E-state index contributed by atoms with van der Waals surface area (Å²) in [7, 11) is 1.66. The zero-order valence-corrected chi connectivity index (χ0v) is 18.1. The van der Waals surface area contributed by atoms with Crippen LogP contribution in [0.3, 0.4) is 0 Å². The Bertz CT molecular complexity index is 657. The van der Waals surface area contributed by atoms with Gasteiger partial charge in [-0.25, -0.2) is 4.99 Å². The number of nitrogens with one attached hydrogen (secondary N) is 3. The monoisotopic (exact) mass is 404 g/mol. The van der Waals surface area contributed by atoms with E-state index >= 15 is 0 Å². The predicted octanol–water partition coefficient (Wildman–Crippen LogP) is 2.52. The van der Waals surface area contributed by atoms with Gasteiger partial charge >= 0.3 is 0 Å². The Morgan fingerprint density at radius 3 is 2.69 bits per heavy atom. The van der Waals surface area contributed by atoms with Gasteiger partial charge in [0, 0.05) is 25.3 Å². The van der Waals surface area contributed by atoms with Crippen molar-refractivity contribution < 1.29 is 14.3 Å². The molecule has 162 valence electrons. The van der Waals surface area contributed by atoms with Gasteiger partial charge in [-0.05, 0) is 38.3 Å². The zero-order chi connectivity index (χ0) is 20.9. The molecule has 7 nitrogen and oxygen atoms in total. The third-order valence-corrected chi connectivity index (χ3v) is 4.91. The summed E-state index contributed by atoms with van der Waals surface area (Å²) in [5.74, 6) is 1.45. The minimum Gasteiger partial charge on any atom is -0.491 e. The molecule has 1 aliphatic carbocycles. The van der Waals surface area contributed by atoms with Gasteiger partial charge in [0.05, 0.1) is 19.7 Å². The normalized spacial score (nSPS) is 15.1. The van der Waals surface area contributed by atoms with E-state index in [1.54, 1.807) is 7.11 Å². The summed E-state index contributed by atoms with van der Waals surface area (Å²) in [6.45, 7) is 6.47. The van der Waals surface area contributed by atoms with Crippen LogP contribution in [0.1, 0.15) is 50.2 Å². The first-order valence-electron chi connectivity index (χ1n) is 10.6. The number of hydrogen-bond acceptors (Lipinski definition) is 4. The van der Waals surface area contributed by atoms with Crippen molar-refractivity contribution in [2.24, 2.45) is 4.99 Å². The molecule has 0 radical (unpaired) electrons. The number of carbonyl (C=O) groups is 1. The fourth-order valence-electron chi connectivity index (χ4n) is 3.36. The molecule has 0 bridgehead atoms. The summed E-state index contributed by atoms with van der Waals surface area (Å²) in [4.78, 5) is 16.9. The molecule has 0 saturated heterocycles. The van der Waals surface area contributed by atoms with Gasteiger partial charge in [0.25, 0.3) is 0 Å². The molecule has 1 aromatic rings. The van der Waals surface area contributed by atoms with Crippen molar-refractivity contribution in [1.29, 1.82) is 0 Å². The topological polar surface area (TPSA) is 84.0 Å². The fraction of sp³-hybridized carbons (Fsp3) is 0.636. The maximum atomic E-state index is 12.2. The summed E-state index contributed by atoms with van der Waals surface area (Å²) in [6.07, 6.45) is 5.85. The van der Waals surface area contributed by atoms with E-state index in [1.807, 2.05) is 32.0 Å². The largest absolute Gasteiger partial charge is 0.491 e. The lowest BCUT2D eigenvalue weighted by atomic mass is 9.95. The van der Waals surface area contributed by atoms with Crippen molar-refractivity contribution in [3.05, 3.63) is 29.3 Å². The van der Waals surface area contributed by atoms with Crippen LogP contribution in [0.25, 0.3) is 0 Å². The summed E-state index contributed by atoms with van der Waals surface area (Å²) >= 11 is 0. The minimum atomic E-state index is 0.0152. The van der Waals surface area contributed by atoms with E-state index in [9.17, 15) is 4.79 Å². The number of benzene rings is 1. The molecule has 1 amide bonds. The van der Waals surface area contributed by atoms with Crippen molar-refractivity contribution in [1.82, 2.24) is 16.0 Å². The number of aryl methyl sites for hydroxylation is 1. The number of methoxy groups -OCH3 is 1. The second-order valence-electron chi connectivity index (χ2n) is 7.40. The van der Waals surface area contributed by atoms with Crippen LogP contribution < -0.4 is 20.7 Å². The number of guanidine groups is 1. The lowest BCUT2D eigenvalue weighted by Crippen LogP contribution is -2.46. The summed E-state index contributed by atoms with van der Waals surface area (Å²) < 4.78 is 10.9. The van der Waals surface area contributed by atoms with E-state index in [2.05, 4.69) is 20.9 Å². The molecule has 1 saturated carbocycles. The maximum absolute atomic E-state index is 12.2. The van der Waals surface area contributed by atoms with Crippen LogP contribution in [0.4, 0.5) is 0 Å². The number of aliphatic imine (C=N–C) groups is 1. The third-order valence-electron chi connectivity index (χ3n) is 4.91. The van der Waals surface area contributed by atoms with Crippen molar-refractivity contribution in [3.8, 4) is 5.75 Å². The van der Waals surface area contributed by atoms with Crippen LogP contribution in [-0.2, 0) is 16.1 Å². The van der Waals surface area contributed by atoms with Crippen LogP contribution in [0, 0.1) is 6.92 Å². The van der Waals surface area contributed by atoms with Crippen LogP contribution >= 0.6 is 0 Å². The van der Waals surface area contributed by atoms with E-state index in [4.69, 9.17) is 9.47 Å². The lowest BCUT2D eigenvalue weighted by molar-refractivity contribution is -0.120. The molecule has 0 spiro atoms. The van der Waals surface area contributed by atoms with Gasteiger partial charge in [0.2, 0.25) is 5.91 Å². The number of carbonyl (C=O) groups excluding carboxylic acids is 1. The van der Waals surface area contributed by atoms with E-state index in [0.717, 1.165) is 36.3 Å². The second-order valence-corrected chi connectivity index (χ2v) is 7.40. The number of hydrogen-bond donors (Lipinski definition) is 3. The van der Waals surface area contributed by atoms with Gasteiger partial charge in [0.1, 0.15) is 12.4 Å². The molecule has 0 aliphatic heterocycles. The first kappa shape index (κ1) is 23.0. The molecular formula is C22H36N4O3. The Kier molecular flexibility index (Phi) is 10.3. The van der Waals surface area contributed by atoms with Gasteiger partial charge in [-0.3, -0.25) is 4.79 Å². The standard InChI is InChI=1S/C22H36N4O3/c1-4-23-22(25-16-21(27)26-19-8-6-5-7-9-19)24-15-18-11-10-17(2)14-20(18)29-13-12-28-3/h10-11,14,19H,4-9,12-13,15-16H2,1-3H3,(H,26,27)(H2,23,24,25). The van der Waals surface area contributed by atoms with Crippen molar-refractivity contribution in [2.45, 2.75) is 58.5 Å². The molecule has 0 unspecified atom stereocenters. The predicted molar refractivity (Wildman–Crippen MR) is 116 cm³/mol. The summed E-state index contributed by atoms with van der Waals surface area (Å²) in [6, 6.07) is 6.40. The zero-order valence-electron chi connectivity index (χ0n) is 18.1. The molecule has 1 fully saturated rings. The smallest absolute Gasteiger partial charge is 0.239 e. The highest BCUT2D eigenvalue weighted by Gasteiger charge is 2.15. The van der Waals surface area contributed by atoms with Crippen molar-refractivity contribution >= 4 is 11.9 Å². The van der Waals surface area contributed by atoms with Crippen LogP contribution in [0.2, 0.25) is 0 Å². The average molecular weight is 405 g/mol. The third kappa shape index (κ3) is 8.73. The lowest BCUT2D eigenvalue weighted by Gasteiger charge is -2.23. The first-order valence-corrected chi connectivity index (χ1v) is 10.6. The van der Waals surface area contributed by atoms with E-state index in [-0.39, 0.29) is 12.5 Å². The highest BCUT2D eigenvalue weighted by Crippen LogP contribution is 2.21. The van der Waals surface area contributed by atoms with Crippen molar-refractivity contribution in [3.63, 3.8) is 0 Å². The van der Waals surface area contributed by atoms with E-state index < -0.39 is 0 Å². The Labute approximate surface area is 174 Å². The highest BCUT2D eigenvalue weighted by atomic mass is 16.5. The average Bonchev–Trinajstić information content (AvgIpc) is 2.72. The van der Waals surface area contributed by atoms with Crippen LogP contribution in [0.15, 0.2) is 23.2 Å². The highest BCUT2D eigenvalue weighted by molar-refractivity contribution is 5.86. The SMILES string of the molecule is CCNC(=NCc1ccc(C)cc1OCCOC)NCC(=O)NC1CCCCC1. The maximum Gasteiger partial charge on any atom is 0.239 e. The molecule has 1 aromatic carbocycles. The van der Waals surface area contributed by atoms with Gasteiger partial charge in [0.15, 0.2) is 5.96 Å². The number of rotatable bonds is 10. The van der Waals surface area contributed by atoms with Crippen LogP contribution in [-0.4, -0.2) is 51.3 Å². The molecule has 1 aliphatic rings. The van der Waals surface area contributed by atoms with Crippen molar-refractivity contribution in [2.75, 3.05) is 33.4 Å². The van der Waals surface area contributed by atoms with Gasteiger partial charge in [-0.1, -0.05) is 31.4 Å². The molecule has 7 heteroatoms. The molecule has 0 heterocycles. The van der Waals surface area contributed by atoms with Gasteiger partial charge < -0.3 is 25.4 Å². The summed E-state index contributed by atoms with van der Waals surface area (Å²) in [5, 5.41) is 9.44. The summed E-state index contributed by atoms with van der Waals surface area (Å²) in [5.41, 5.74) is 2.13. The van der Waals surface area contributed by atoms with E-state index in [1.165, 1.54) is 19.3 Å². The number of nitrogens with zero attached hydrogens (tertiary/aromatic N) is 1. The molecule has 3 N–H and O–H groups in total. The minimum absolute atomic E-state index is 0.0152. The fourth-order valence-corrected chi connectivity index (χ4v) is 3.36. The number of amides is 1. The molecule has 2 rings (SSSR count). The second kappa shape index (κ2) is 13.0. The quantitative estimate of drug-likeness (QED) is 0.317. The number of ether oxygens (including phenoxy) is 2.